The number of nitrogens with one attached hydrogen (secondary N) is 1. The van der Waals surface area contributed by atoms with Gasteiger partial charge in [-0.3, -0.25) is 0 Å². The van der Waals surface area contributed by atoms with Crippen molar-refractivity contribution in [2.45, 2.75) is 6.92 Å². The quantitative estimate of drug-likeness (QED) is 0.626. The molecule has 0 saturated heterocycles. The summed E-state index contributed by atoms with van der Waals surface area (Å²) in [6.45, 7) is 1.98. The Kier molecular flexibility index (Phi) is 3.38. The van der Waals surface area contributed by atoms with Crippen LogP contribution < -0.4 is 10.1 Å². The van der Waals surface area contributed by atoms with E-state index in [1.165, 1.54) is 6.33 Å². The molecule has 0 atom stereocenters. The van der Waals surface area contributed by atoms with E-state index in [0.29, 0.717) is 5.75 Å². The standard InChI is InChI=1S/C17H16N6O/c1-12-9-22-7-3-4-14(17(22)20-12)21-13-5-6-15(16(8-13)24-2)23-11-18-10-19-23/h3-11,21H,1-2H3. The van der Waals surface area contributed by atoms with E-state index in [0.717, 1.165) is 28.4 Å². The van der Waals surface area contributed by atoms with Gasteiger partial charge in [0.15, 0.2) is 5.65 Å². The van der Waals surface area contributed by atoms with Crippen LogP contribution in [0.15, 0.2) is 55.4 Å². The van der Waals surface area contributed by atoms with Gasteiger partial charge in [0.1, 0.15) is 24.1 Å². The molecule has 0 aliphatic heterocycles. The lowest BCUT2D eigenvalue weighted by Crippen LogP contribution is -2.00. The molecule has 7 heteroatoms. The molecule has 7 nitrogen and oxygen atoms in total. The van der Waals surface area contributed by atoms with Crippen LogP contribution in [0.4, 0.5) is 11.4 Å². The van der Waals surface area contributed by atoms with Gasteiger partial charge in [0.2, 0.25) is 0 Å². The minimum Gasteiger partial charge on any atom is -0.494 e. The van der Waals surface area contributed by atoms with Crippen molar-refractivity contribution in [3.05, 3.63) is 61.1 Å². The zero-order valence-electron chi connectivity index (χ0n) is 13.3. The van der Waals surface area contributed by atoms with E-state index >= 15 is 0 Å². The first kappa shape index (κ1) is 14.3. The first-order valence-corrected chi connectivity index (χ1v) is 7.49. The third-order valence-electron chi connectivity index (χ3n) is 3.73. The van der Waals surface area contributed by atoms with Gasteiger partial charge in [-0.05, 0) is 31.2 Å². The van der Waals surface area contributed by atoms with Crippen LogP contribution in [-0.2, 0) is 0 Å². The number of fused-ring (bicyclic) bond motifs is 1. The van der Waals surface area contributed by atoms with Gasteiger partial charge in [0, 0.05) is 24.1 Å². The summed E-state index contributed by atoms with van der Waals surface area (Å²) in [4.78, 5) is 8.53. The number of aromatic nitrogens is 5. The number of benzene rings is 1. The number of rotatable bonds is 4. The second-order valence-corrected chi connectivity index (χ2v) is 5.39. The highest BCUT2D eigenvalue weighted by molar-refractivity contribution is 5.75. The number of anilines is 2. The molecule has 0 radical (unpaired) electrons. The predicted molar refractivity (Wildman–Crippen MR) is 91.1 cm³/mol. The fourth-order valence-electron chi connectivity index (χ4n) is 2.67. The summed E-state index contributed by atoms with van der Waals surface area (Å²) < 4.78 is 9.16. The van der Waals surface area contributed by atoms with E-state index < -0.39 is 0 Å². The van der Waals surface area contributed by atoms with Gasteiger partial charge in [-0.25, -0.2) is 14.6 Å². The topological polar surface area (TPSA) is 69.3 Å². The van der Waals surface area contributed by atoms with Gasteiger partial charge in [0.25, 0.3) is 0 Å². The van der Waals surface area contributed by atoms with Crippen LogP contribution in [0.3, 0.4) is 0 Å². The highest BCUT2D eigenvalue weighted by Crippen LogP contribution is 2.29. The Morgan fingerprint density at radius 1 is 1.21 bits per heavy atom. The van der Waals surface area contributed by atoms with Crippen LogP contribution in [0.25, 0.3) is 11.3 Å². The minimum atomic E-state index is 0.706. The van der Waals surface area contributed by atoms with Gasteiger partial charge < -0.3 is 14.5 Å². The third kappa shape index (κ3) is 2.45. The molecule has 4 aromatic rings. The van der Waals surface area contributed by atoms with Gasteiger partial charge in [-0.15, -0.1) is 0 Å². The van der Waals surface area contributed by atoms with E-state index in [-0.39, 0.29) is 0 Å². The summed E-state index contributed by atoms with van der Waals surface area (Å²) in [5.41, 5.74) is 4.53. The van der Waals surface area contributed by atoms with E-state index in [2.05, 4.69) is 20.4 Å². The number of imidazole rings is 1. The summed E-state index contributed by atoms with van der Waals surface area (Å²) >= 11 is 0. The Hall–Kier alpha value is -3.35. The Bertz CT molecular complexity index is 990. The molecular weight excluding hydrogens is 304 g/mol. The number of methoxy groups -OCH3 is 1. The van der Waals surface area contributed by atoms with Gasteiger partial charge in [-0.2, -0.15) is 5.10 Å². The molecule has 0 aliphatic carbocycles. The Balaban J connectivity index is 1.72. The van der Waals surface area contributed by atoms with Gasteiger partial charge in [-0.1, -0.05) is 0 Å². The summed E-state index contributed by atoms with van der Waals surface area (Å²) in [6.07, 6.45) is 7.11. The Morgan fingerprint density at radius 3 is 2.92 bits per heavy atom. The van der Waals surface area contributed by atoms with E-state index in [1.54, 1.807) is 18.1 Å². The first-order chi connectivity index (χ1) is 11.7. The lowest BCUT2D eigenvalue weighted by molar-refractivity contribution is 0.412. The average molecular weight is 320 g/mol. The molecule has 3 aromatic heterocycles. The zero-order chi connectivity index (χ0) is 16.5. The van der Waals surface area contributed by atoms with Crippen molar-refractivity contribution in [1.82, 2.24) is 24.1 Å². The second-order valence-electron chi connectivity index (χ2n) is 5.39. The largest absolute Gasteiger partial charge is 0.494 e. The molecule has 120 valence electrons. The van der Waals surface area contributed by atoms with Crippen molar-refractivity contribution in [2.24, 2.45) is 0 Å². The summed E-state index contributed by atoms with van der Waals surface area (Å²) in [5, 5.41) is 7.54. The first-order valence-electron chi connectivity index (χ1n) is 7.49. The Labute approximate surface area is 138 Å². The van der Waals surface area contributed by atoms with Crippen molar-refractivity contribution in [3.63, 3.8) is 0 Å². The summed E-state index contributed by atoms with van der Waals surface area (Å²) in [6, 6.07) is 9.82. The van der Waals surface area contributed by atoms with Crippen LogP contribution in [0, 0.1) is 6.92 Å². The van der Waals surface area contributed by atoms with Crippen LogP contribution >= 0.6 is 0 Å². The molecule has 3 heterocycles. The molecule has 24 heavy (non-hydrogen) atoms. The highest BCUT2D eigenvalue weighted by Gasteiger charge is 2.09. The maximum absolute atomic E-state index is 5.49. The van der Waals surface area contributed by atoms with Crippen LogP contribution in [0.2, 0.25) is 0 Å². The molecule has 0 spiro atoms. The van der Waals surface area contributed by atoms with Crippen LogP contribution in [0.1, 0.15) is 5.69 Å². The third-order valence-corrected chi connectivity index (χ3v) is 3.73. The molecule has 0 bridgehead atoms. The second kappa shape index (κ2) is 5.69. The lowest BCUT2D eigenvalue weighted by atomic mass is 10.2. The maximum Gasteiger partial charge on any atom is 0.160 e. The van der Waals surface area contributed by atoms with Gasteiger partial charge in [0.05, 0.1) is 18.5 Å². The number of nitrogens with zero attached hydrogens (tertiary/aromatic N) is 5. The number of ether oxygens (including phenoxy) is 1. The van der Waals surface area contributed by atoms with E-state index in [9.17, 15) is 0 Å². The number of hydrogen-bond donors (Lipinski definition) is 1. The molecule has 0 saturated carbocycles. The smallest absolute Gasteiger partial charge is 0.160 e. The highest BCUT2D eigenvalue weighted by atomic mass is 16.5. The van der Waals surface area contributed by atoms with E-state index in [4.69, 9.17) is 4.74 Å². The fourth-order valence-corrected chi connectivity index (χ4v) is 2.67. The van der Waals surface area contributed by atoms with Gasteiger partial charge >= 0.3 is 0 Å². The average Bonchev–Trinajstić information content (AvgIpc) is 3.24. The van der Waals surface area contributed by atoms with Crippen molar-refractivity contribution in [3.8, 4) is 11.4 Å². The minimum absolute atomic E-state index is 0.706. The molecule has 0 fully saturated rings. The monoisotopic (exact) mass is 320 g/mol. The summed E-state index contributed by atoms with van der Waals surface area (Å²) in [5.74, 6) is 0.706. The van der Waals surface area contributed by atoms with Crippen molar-refractivity contribution in [1.29, 1.82) is 0 Å². The van der Waals surface area contributed by atoms with Crippen molar-refractivity contribution >= 4 is 17.0 Å². The number of hydrogen-bond acceptors (Lipinski definition) is 5. The summed E-state index contributed by atoms with van der Waals surface area (Å²) in [7, 11) is 1.64. The SMILES string of the molecule is COc1cc(Nc2cccn3cc(C)nc23)ccc1-n1cncn1. The molecule has 1 N–H and O–H groups in total. The van der Waals surface area contributed by atoms with Crippen LogP contribution in [0.5, 0.6) is 5.75 Å². The number of aryl methyl sites for hydroxylation is 1. The molecule has 0 unspecified atom stereocenters. The van der Waals surface area contributed by atoms with E-state index in [1.807, 2.05) is 54.0 Å². The van der Waals surface area contributed by atoms with Crippen molar-refractivity contribution in [2.75, 3.05) is 12.4 Å². The lowest BCUT2D eigenvalue weighted by Gasteiger charge is -2.12. The molecule has 0 amide bonds. The molecular formula is C17H16N6O. The normalized spacial score (nSPS) is 10.9. The molecule has 0 aliphatic rings. The Morgan fingerprint density at radius 2 is 2.12 bits per heavy atom. The van der Waals surface area contributed by atoms with Crippen molar-refractivity contribution < 1.29 is 4.74 Å². The fraction of sp³-hybridized carbons (Fsp3) is 0.118. The predicted octanol–water partition coefficient (Wildman–Crippen LogP) is 2.98. The zero-order valence-corrected chi connectivity index (χ0v) is 13.3. The number of pyridine rings is 1. The molecule has 4 rings (SSSR count). The maximum atomic E-state index is 5.49. The molecule has 1 aromatic carbocycles. The van der Waals surface area contributed by atoms with Crippen LogP contribution in [-0.4, -0.2) is 31.3 Å².